The van der Waals surface area contributed by atoms with E-state index in [2.05, 4.69) is 15.6 Å². The summed E-state index contributed by atoms with van der Waals surface area (Å²) in [6.45, 7) is 1.17. The summed E-state index contributed by atoms with van der Waals surface area (Å²) >= 11 is 1.51. The summed E-state index contributed by atoms with van der Waals surface area (Å²) in [5.41, 5.74) is 0.368. The minimum Gasteiger partial charge on any atom is -0.369 e. The molecule has 0 spiro atoms. The number of likely N-dealkylation sites (N-methyl/N-ethyl adjacent to an activating group) is 1. The number of amides is 1. The van der Waals surface area contributed by atoms with Gasteiger partial charge in [0.25, 0.3) is 5.91 Å². The molecule has 1 saturated carbocycles. The fourth-order valence-electron chi connectivity index (χ4n) is 5.28. The van der Waals surface area contributed by atoms with E-state index < -0.39 is 23.5 Å². The van der Waals surface area contributed by atoms with Gasteiger partial charge < -0.3 is 25.3 Å². The van der Waals surface area contributed by atoms with Crippen molar-refractivity contribution in [2.75, 3.05) is 49.0 Å². The molecule has 2 fully saturated rings. The molecular formula is C29H30F4N6OS. The van der Waals surface area contributed by atoms with E-state index in [1.54, 1.807) is 9.80 Å². The van der Waals surface area contributed by atoms with Gasteiger partial charge in [0, 0.05) is 42.1 Å². The Morgan fingerprint density at radius 1 is 1.05 bits per heavy atom. The molecule has 3 aliphatic rings. The van der Waals surface area contributed by atoms with Crippen molar-refractivity contribution in [3.05, 3.63) is 69.7 Å². The van der Waals surface area contributed by atoms with Gasteiger partial charge in [-0.3, -0.25) is 4.79 Å². The van der Waals surface area contributed by atoms with Crippen LogP contribution in [0.3, 0.4) is 0 Å². The zero-order valence-electron chi connectivity index (χ0n) is 22.6. The van der Waals surface area contributed by atoms with Crippen molar-refractivity contribution < 1.29 is 22.4 Å². The number of carbonyl (C=O) groups excluding carboxylic acids is 1. The summed E-state index contributed by atoms with van der Waals surface area (Å²) in [6, 6.07) is 10.2. The molecule has 6 rings (SSSR count). The van der Waals surface area contributed by atoms with Crippen LogP contribution in [0.15, 0.2) is 52.8 Å². The second-order valence-electron chi connectivity index (χ2n) is 10.8. The Morgan fingerprint density at radius 2 is 1.85 bits per heavy atom. The Hall–Kier alpha value is -3.64. The number of nitrogens with one attached hydrogen (secondary N) is 2. The van der Waals surface area contributed by atoms with E-state index in [4.69, 9.17) is 0 Å². The summed E-state index contributed by atoms with van der Waals surface area (Å²) < 4.78 is 57.3. The first-order valence-corrected chi connectivity index (χ1v) is 14.4. The fraction of sp³-hybridized carbons (Fsp3) is 0.379. The largest absolute Gasteiger partial charge is 0.418 e. The highest BCUT2D eigenvalue weighted by molar-refractivity contribution is 7.12. The van der Waals surface area contributed by atoms with E-state index in [0.717, 1.165) is 41.7 Å². The number of nitrogens with zero attached hydrogens (tertiary/aromatic N) is 4. The van der Waals surface area contributed by atoms with E-state index in [9.17, 15) is 18.0 Å². The van der Waals surface area contributed by atoms with E-state index in [0.29, 0.717) is 19.1 Å². The molecule has 1 atom stereocenters. The lowest BCUT2D eigenvalue weighted by molar-refractivity contribution is -0.137. The van der Waals surface area contributed by atoms with E-state index >= 15 is 4.39 Å². The molecule has 3 heterocycles. The van der Waals surface area contributed by atoms with Gasteiger partial charge in [0.2, 0.25) is 0 Å². The van der Waals surface area contributed by atoms with Gasteiger partial charge >= 0.3 is 6.18 Å². The summed E-state index contributed by atoms with van der Waals surface area (Å²) in [5.74, 6) is -0.413. The number of amidine groups is 1. The van der Waals surface area contributed by atoms with Gasteiger partial charge in [-0.05, 0) is 81.2 Å². The summed E-state index contributed by atoms with van der Waals surface area (Å²) in [6.07, 6.45) is -1.68. The predicted molar refractivity (Wildman–Crippen MR) is 154 cm³/mol. The lowest BCUT2D eigenvalue weighted by Gasteiger charge is -2.28. The molecule has 12 heteroatoms. The third-order valence-corrected chi connectivity index (χ3v) is 8.64. The van der Waals surface area contributed by atoms with Crippen molar-refractivity contribution >= 4 is 45.8 Å². The zero-order chi connectivity index (χ0) is 28.9. The molecule has 1 saturated heterocycles. The van der Waals surface area contributed by atoms with Gasteiger partial charge in [-0.25, -0.2) is 9.38 Å². The number of benzene rings is 2. The molecule has 0 radical (unpaired) electrons. The van der Waals surface area contributed by atoms with Crippen molar-refractivity contribution in [2.45, 2.75) is 37.5 Å². The zero-order valence-corrected chi connectivity index (χ0v) is 23.4. The monoisotopic (exact) mass is 586 g/mol. The molecule has 0 bridgehead atoms. The maximum Gasteiger partial charge on any atom is 0.418 e. The van der Waals surface area contributed by atoms with Crippen LogP contribution in [0.1, 0.15) is 40.1 Å². The molecule has 1 amide bonds. The van der Waals surface area contributed by atoms with Crippen LogP contribution in [-0.4, -0.2) is 62.6 Å². The first-order chi connectivity index (χ1) is 19.6. The molecule has 1 aromatic heterocycles. The van der Waals surface area contributed by atoms with Crippen molar-refractivity contribution in [3.63, 3.8) is 0 Å². The molecule has 41 heavy (non-hydrogen) atoms. The third-order valence-electron chi connectivity index (χ3n) is 7.73. The third kappa shape index (κ3) is 5.62. The number of aliphatic imine (C=N–C) groups is 1. The number of hydrogen-bond donors (Lipinski definition) is 2. The molecule has 2 N–H and O–H groups in total. The molecule has 216 valence electrons. The SMILES string of the molecule is CN(C)[C@H]1CCN(c2ccc(C(=O)Nc3ccc(F)c(N4CN=C(NC5CC5)c5sccc54)c3)cc2C(F)(F)F)C1. The fourth-order valence-corrected chi connectivity index (χ4v) is 6.15. The topological polar surface area (TPSA) is 63.2 Å². The highest BCUT2D eigenvalue weighted by Gasteiger charge is 2.37. The maximum atomic E-state index is 15.0. The van der Waals surface area contributed by atoms with Gasteiger partial charge in [0.05, 0.1) is 21.8 Å². The molecule has 2 aromatic carbocycles. The average molecular weight is 587 g/mol. The van der Waals surface area contributed by atoms with Crippen LogP contribution < -0.4 is 20.4 Å². The minimum atomic E-state index is -4.63. The molecule has 1 aliphatic carbocycles. The van der Waals surface area contributed by atoms with Crippen molar-refractivity contribution in [3.8, 4) is 0 Å². The van der Waals surface area contributed by atoms with Crippen LogP contribution >= 0.6 is 11.3 Å². The van der Waals surface area contributed by atoms with Crippen LogP contribution in [-0.2, 0) is 6.18 Å². The van der Waals surface area contributed by atoms with Gasteiger partial charge in [-0.1, -0.05) is 0 Å². The lowest BCUT2D eigenvalue weighted by Crippen LogP contribution is -2.33. The van der Waals surface area contributed by atoms with Crippen LogP contribution in [0.2, 0.25) is 0 Å². The van der Waals surface area contributed by atoms with Crippen molar-refractivity contribution in [1.29, 1.82) is 0 Å². The number of alkyl halides is 3. The van der Waals surface area contributed by atoms with E-state index in [-0.39, 0.29) is 35.3 Å². The number of carbonyl (C=O) groups is 1. The standard InChI is InChI=1S/C29H30F4N6OS/c1-37(2)20-9-11-38(15-20)23-8-3-17(13-21(23)29(31,32)33)28(40)36-19-6-7-22(30)25(14-19)39-16-34-27(35-18-4-5-18)26-24(39)10-12-41-26/h3,6-8,10,12-14,18,20H,4-5,9,11,15-16H2,1-2H3,(H,34,35)(H,36,40)/t20-/m0/s1. The molecular weight excluding hydrogens is 556 g/mol. The van der Waals surface area contributed by atoms with Crippen molar-refractivity contribution in [2.24, 2.45) is 4.99 Å². The normalized spacial score (nSPS) is 18.9. The van der Waals surface area contributed by atoms with Crippen molar-refractivity contribution in [1.82, 2.24) is 10.2 Å². The first-order valence-electron chi connectivity index (χ1n) is 13.5. The lowest BCUT2D eigenvalue weighted by atomic mass is 10.1. The first kappa shape index (κ1) is 27.5. The smallest absolute Gasteiger partial charge is 0.369 e. The quantitative estimate of drug-likeness (QED) is 0.352. The van der Waals surface area contributed by atoms with Crippen LogP contribution in [0.5, 0.6) is 0 Å². The maximum absolute atomic E-state index is 15.0. The average Bonchev–Trinajstić information content (AvgIpc) is 3.38. The molecule has 0 unspecified atom stereocenters. The van der Waals surface area contributed by atoms with Crippen LogP contribution in [0, 0.1) is 5.82 Å². The number of rotatable bonds is 6. The van der Waals surface area contributed by atoms with E-state index in [1.807, 2.05) is 30.4 Å². The Balaban J connectivity index is 1.23. The Labute approximate surface area is 239 Å². The highest BCUT2D eigenvalue weighted by Crippen LogP contribution is 2.40. The number of hydrogen-bond acceptors (Lipinski definition) is 7. The molecule has 3 aromatic rings. The van der Waals surface area contributed by atoms with Gasteiger partial charge in [-0.15, -0.1) is 11.3 Å². The highest BCUT2D eigenvalue weighted by atomic mass is 32.1. The van der Waals surface area contributed by atoms with Gasteiger partial charge in [0.1, 0.15) is 18.3 Å². The number of halogens is 4. The second kappa shape index (κ2) is 10.6. The number of anilines is 4. The van der Waals surface area contributed by atoms with Gasteiger partial charge in [-0.2, -0.15) is 13.2 Å². The Kier molecular flexibility index (Phi) is 7.14. The second-order valence-corrected chi connectivity index (χ2v) is 11.7. The molecule has 7 nitrogen and oxygen atoms in total. The summed E-state index contributed by atoms with van der Waals surface area (Å²) in [5, 5.41) is 7.99. The van der Waals surface area contributed by atoms with Gasteiger partial charge in [0.15, 0.2) is 0 Å². The summed E-state index contributed by atoms with van der Waals surface area (Å²) in [7, 11) is 3.82. The van der Waals surface area contributed by atoms with Crippen LogP contribution in [0.4, 0.5) is 40.3 Å². The van der Waals surface area contributed by atoms with E-state index in [1.165, 1.54) is 41.7 Å². The summed E-state index contributed by atoms with van der Waals surface area (Å²) in [4.78, 5) is 24.1. The van der Waals surface area contributed by atoms with Crippen LogP contribution in [0.25, 0.3) is 0 Å². The number of thiophene rings is 1. The minimum absolute atomic E-state index is 0.0650. The Bertz CT molecular complexity index is 1500. The predicted octanol–water partition coefficient (Wildman–Crippen LogP) is 5.91. The Morgan fingerprint density at radius 3 is 2.56 bits per heavy atom. The number of fused-ring (bicyclic) bond motifs is 1. The molecule has 2 aliphatic heterocycles.